The molecule has 0 radical (unpaired) electrons. The van der Waals surface area contributed by atoms with Crippen molar-refractivity contribution in [3.05, 3.63) is 247 Å². The largest absolute Gasteiger partial charge is 0.504 e. The van der Waals surface area contributed by atoms with Gasteiger partial charge in [0.2, 0.25) is 11.6 Å². The lowest BCUT2D eigenvalue weighted by Gasteiger charge is -2.15. The van der Waals surface area contributed by atoms with Gasteiger partial charge in [-0.25, -0.2) is 27.5 Å². The summed E-state index contributed by atoms with van der Waals surface area (Å²) in [5.41, 5.74) is -3.54. The lowest BCUT2D eigenvalue weighted by atomic mass is 10.2. The summed E-state index contributed by atoms with van der Waals surface area (Å²) in [4.78, 5) is 69.3. The molecule has 0 saturated carbocycles. The molecule has 8 aromatic rings. The number of hydrogen-bond acceptors (Lipinski definition) is 12. The first-order valence-electron chi connectivity index (χ1n) is 21.0. The lowest BCUT2D eigenvalue weighted by molar-refractivity contribution is -0.387. The third-order valence-electron chi connectivity index (χ3n) is 10.4. The number of nitro groups is 2. The molecule has 364 valence electrons. The Morgan fingerprint density at radius 1 is 0.507 bits per heavy atom. The fraction of sp³-hybridized carbons (Fsp3) is 0.120. The van der Waals surface area contributed by atoms with Crippen molar-refractivity contribution in [3.63, 3.8) is 0 Å². The molecule has 0 fully saturated rings. The fourth-order valence-corrected chi connectivity index (χ4v) is 6.50. The van der Waals surface area contributed by atoms with E-state index in [9.17, 15) is 57.7 Å². The van der Waals surface area contributed by atoms with Crippen molar-refractivity contribution in [1.29, 1.82) is 0 Å². The number of aromatic hydroxyl groups is 1. The van der Waals surface area contributed by atoms with Crippen molar-refractivity contribution < 1.29 is 42.3 Å². The molecule has 0 spiro atoms. The minimum absolute atomic E-state index is 0.133. The zero-order chi connectivity index (χ0) is 51.5. The zero-order valence-corrected chi connectivity index (χ0v) is 38.0. The maximum Gasteiger partial charge on any atom is 0.335 e. The molecule has 0 aliphatic carbocycles. The number of benzene rings is 6. The molecule has 2 aromatic heterocycles. The highest BCUT2D eigenvalue weighted by Gasteiger charge is 2.25. The third-order valence-corrected chi connectivity index (χ3v) is 10.4. The van der Waals surface area contributed by atoms with E-state index < -0.39 is 72.5 Å². The van der Waals surface area contributed by atoms with E-state index in [-0.39, 0.29) is 23.9 Å². The van der Waals surface area contributed by atoms with Gasteiger partial charge < -0.3 is 28.5 Å². The second-order valence-corrected chi connectivity index (χ2v) is 15.2. The highest BCUT2D eigenvalue weighted by molar-refractivity contribution is 5.57. The first-order chi connectivity index (χ1) is 33.9. The molecule has 0 unspecified atom stereocenters. The van der Waals surface area contributed by atoms with E-state index in [1.165, 1.54) is 27.1 Å². The Kier molecular flexibility index (Phi) is 16.1. The number of phenols is 1. The van der Waals surface area contributed by atoms with Crippen LogP contribution in [0.25, 0.3) is 11.4 Å². The van der Waals surface area contributed by atoms with Crippen LogP contribution in [0, 0.1) is 51.5 Å². The van der Waals surface area contributed by atoms with Crippen LogP contribution in [-0.2, 0) is 27.3 Å². The molecule has 0 amide bonds. The van der Waals surface area contributed by atoms with Gasteiger partial charge in [0, 0.05) is 49.7 Å². The fourth-order valence-electron chi connectivity index (χ4n) is 6.50. The second kappa shape index (κ2) is 22.5. The topological polar surface area (TPSA) is 222 Å². The van der Waals surface area contributed by atoms with Gasteiger partial charge in [0.05, 0.1) is 33.4 Å². The standard InChI is InChI=1S/C25H20FN3O6.C13H12O2.C12H9F2N3O4/c1-16-12-24(30)28(25(31)27(16)2)19-14-23(20(29(32)33)13-18(19)26)35-22-11-7-6-10-21(22)34-15-17-8-4-3-5-9-17;14-12-8-4-5-9-13(12)15-10-11-6-2-1-3-7-11;1-6-3-11(18)16(12(19)15(6)2)9-4-8(14)10(17(20)21)5-7(9)13/h3-14H,15H2,1-2H3;1-9,14H,10H2;3-5H,1-2H3. The molecule has 0 aliphatic heterocycles. The van der Waals surface area contributed by atoms with Gasteiger partial charge in [-0.3, -0.25) is 29.8 Å². The van der Waals surface area contributed by atoms with Gasteiger partial charge in [-0.2, -0.15) is 4.39 Å². The molecule has 8 rings (SSSR count). The number of para-hydroxylation sites is 4. The van der Waals surface area contributed by atoms with Crippen LogP contribution in [0.4, 0.5) is 24.5 Å². The first-order valence-corrected chi connectivity index (χ1v) is 21.0. The molecule has 18 nitrogen and oxygen atoms in total. The predicted molar refractivity (Wildman–Crippen MR) is 253 cm³/mol. The first kappa shape index (κ1) is 50.9. The quantitative estimate of drug-likeness (QED) is 0.0903. The molecule has 6 aromatic carbocycles. The van der Waals surface area contributed by atoms with E-state index in [0.717, 1.165) is 38.5 Å². The monoisotopic (exact) mass is 974 g/mol. The second-order valence-electron chi connectivity index (χ2n) is 15.2. The van der Waals surface area contributed by atoms with Crippen LogP contribution < -0.4 is 36.7 Å². The van der Waals surface area contributed by atoms with Gasteiger partial charge in [-0.15, -0.1) is 0 Å². The lowest BCUT2D eigenvalue weighted by Crippen LogP contribution is -2.38. The van der Waals surface area contributed by atoms with Crippen molar-refractivity contribution in [2.24, 2.45) is 14.1 Å². The molecular formula is C50H41F3N6O12. The SMILES string of the molecule is Cc1cc(=O)n(-c2cc(F)c([N+](=O)[O-])cc2F)c(=O)n1C.Cc1cc(=O)n(-c2cc(Oc3ccccc3OCc3ccccc3)c([N+](=O)[O-])cc2F)c(=O)n1C.Oc1ccccc1OCc1ccccc1. The summed E-state index contributed by atoms with van der Waals surface area (Å²) in [7, 11) is 2.78. The molecule has 0 bridgehead atoms. The summed E-state index contributed by atoms with van der Waals surface area (Å²) in [6, 6.07) is 37.2. The van der Waals surface area contributed by atoms with Crippen LogP contribution in [0.1, 0.15) is 22.5 Å². The van der Waals surface area contributed by atoms with E-state index in [2.05, 4.69) is 0 Å². The summed E-state index contributed by atoms with van der Waals surface area (Å²) < 4.78 is 62.7. The van der Waals surface area contributed by atoms with Crippen LogP contribution in [0.3, 0.4) is 0 Å². The van der Waals surface area contributed by atoms with Gasteiger partial charge >= 0.3 is 22.8 Å². The predicted octanol–water partition coefficient (Wildman–Crippen LogP) is 8.27. The molecule has 2 heterocycles. The van der Waals surface area contributed by atoms with Crippen molar-refractivity contribution in [2.75, 3.05) is 0 Å². The number of hydrogen-bond donors (Lipinski definition) is 1. The van der Waals surface area contributed by atoms with Crippen molar-refractivity contribution in [2.45, 2.75) is 27.1 Å². The van der Waals surface area contributed by atoms with E-state index in [4.69, 9.17) is 14.2 Å². The van der Waals surface area contributed by atoms with Crippen LogP contribution in [0.2, 0.25) is 0 Å². The van der Waals surface area contributed by atoms with Crippen LogP contribution in [0.5, 0.6) is 28.7 Å². The number of halogens is 3. The van der Waals surface area contributed by atoms with Crippen LogP contribution in [-0.4, -0.2) is 33.2 Å². The average Bonchev–Trinajstić information content (AvgIpc) is 3.34. The Bertz CT molecular complexity index is 3510. The Labute approximate surface area is 399 Å². The molecular weight excluding hydrogens is 934 g/mol. The number of nitrogens with zero attached hydrogens (tertiary/aromatic N) is 6. The summed E-state index contributed by atoms with van der Waals surface area (Å²) in [6.45, 7) is 3.74. The summed E-state index contributed by atoms with van der Waals surface area (Å²) in [5.74, 6) is -2.96. The summed E-state index contributed by atoms with van der Waals surface area (Å²) in [5, 5.41) is 31.6. The van der Waals surface area contributed by atoms with Crippen LogP contribution in [0.15, 0.2) is 165 Å². The smallest absolute Gasteiger partial charge is 0.335 e. The Balaban J connectivity index is 0.000000193. The summed E-state index contributed by atoms with van der Waals surface area (Å²) >= 11 is 0. The van der Waals surface area contributed by atoms with Crippen molar-refractivity contribution in [3.8, 4) is 40.1 Å². The number of aryl methyl sites for hydroxylation is 2. The van der Waals surface area contributed by atoms with Crippen molar-refractivity contribution in [1.82, 2.24) is 18.3 Å². The molecule has 1 N–H and O–H groups in total. The highest BCUT2D eigenvalue weighted by atomic mass is 19.1. The van der Waals surface area contributed by atoms with E-state index in [0.29, 0.717) is 56.8 Å². The summed E-state index contributed by atoms with van der Waals surface area (Å²) in [6.07, 6.45) is 0. The third kappa shape index (κ3) is 12.1. The van der Waals surface area contributed by atoms with Gasteiger partial charge in [-0.1, -0.05) is 84.9 Å². The number of rotatable bonds is 12. The minimum atomic E-state index is -1.34. The van der Waals surface area contributed by atoms with E-state index >= 15 is 0 Å². The Morgan fingerprint density at radius 2 is 0.915 bits per heavy atom. The molecule has 21 heteroatoms. The Hall–Kier alpha value is -9.53. The molecule has 71 heavy (non-hydrogen) atoms. The average molecular weight is 975 g/mol. The van der Waals surface area contributed by atoms with Crippen molar-refractivity contribution >= 4 is 11.4 Å². The molecule has 0 atom stereocenters. The minimum Gasteiger partial charge on any atom is -0.504 e. The van der Waals surface area contributed by atoms with Gasteiger partial charge in [-0.05, 0) is 49.2 Å². The Morgan fingerprint density at radius 3 is 1.39 bits per heavy atom. The van der Waals surface area contributed by atoms with E-state index in [1.54, 1.807) is 43.3 Å². The maximum absolute atomic E-state index is 14.9. The number of aromatic nitrogens is 4. The molecule has 0 saturated heterocycles. The zero-order valence-electron chi connectivity index (χ0n) is 38.0. The maximum atomic E-state index is 14.9. The number of phenolic OH excluding ortho intramolecular Hbond substituents is 1. The highest BCUT2D eigenvalue weighted by Crippen LogP contribution is 2.38. The number of ether oxygens (including phenoxy) is 3. The number of nitro benzene ring substituents is 2. The van der Waals surface area contributed by atoms with E-state index in [1.807, 2.05) is 66.7 Å². The normalized spacial score (nSPS) is 10.5. The van der Waals surface area contributed by atoms with Gasteiger partial charge in [0.25, 0.3) is 11.1 Å². The van der Waals surface area contributed by atoms with Gasteiger partial charge in [0.1, 0.15) is 13.2 Å². The van der Waals surface area contributed by atoms with Crippen LogP contribution >= 0.6 is 0 Å². The van der Waals surface area contributed by atoms with Gasteiger partial charge in [0.15, 0.2) is 34.6 Å². The molecule has 0 aliphatic rings.